The molecule has 2 heterocycles. The van der Waals surface area contributed by atoms with E-state index in [-0.39, 0.29) is 21.8 Å². The van der Waals surface area contributed by atoms with Crippen LogP contribution in [0.2, 0.25) is 0 Å². The lowest BCUT2D eigenvalue weighted by Gasteiger charge is -2.32. The number of carboxylic acid groups (broad SMARTS) is 1. The van der Waals surface area contributed by atoms with E-state index in [0.717, 1.165) is 18.2 Å². The van der Waals surface area contributed by atoms with Crippen LogP contribution in [0.1, 0.15) is 54.1 Å². The third-order valence-corrected chi connectivity index (χ3v) is 8.96. The van der Waals surface area contributed by atoms with E-state index in [1.165, 1.54) is 30.3 Å². The fraction of sp³-hybridized carbons (Fsp3) is 0.200. The number of anilines is 1. The maximum absolute atomic E-state index is 13.9. The number of carbonyl (C=O) groups is 2. The van der Waals surface area contributed by atoms with Crippen molar-refractivity contribution in [3.8, 4) is 22.9 Å². The normalized spacial score (nSPS) is 15.8. The molecular formula is C30H23F4N5O5S. The number of rotatable bonds is 4. The summed E-state index contributed by atoms with van der Waals surface area (Å²) in [6.45, 7) is 5.18. The van der Waals surface area contributed by atoms with E-state index in [1.807, 2.05) is 0 Å². The highest BCUT2D eigenvalue weighted by Crippen LogP contribution is 2.51. The maximum atomic E-state index is 13.9. The van der Waals surface area contributed by atoms with E-state index in [0.29, 0.717) is 26.2 Å². The lowest BCUT2D eigenvalue weighted by Crippen LogP contribution is -2.39. The predicted molar refractivity (Wildman–Crippen MR) is 152 cm³/mol. The molecule has 5 rings (SSSR count). The van der Waals surface area contributed by atoms with Crippen molar-refractivity contribution in [2.24, 2.45) is 5.41 Å². The minimum absolute atomic E-state index is 0.122. The Hall–Kier alpha value is -5.23. The highest BCUT2D eigenvalue weighted by molar-refractivity contribution is 7.90. The molecule has 10 nitrogen and oxygen atoms in total. The van der Waals surface area contributed by atoms with Crippen molar-refractivity contribution in [1.29, 1.82) is 5.26 Å². The Morgan fingerprint density at radius 1 is 1.02 bits per heavy atom. The number of aromatic nitrogens is 2. The number of hydrogen-bond acceptors (Lipinski definition) is 6. The minimum Gasteiger partial charge on any atom is -0.464 e. The van der Waals surface area contributed by atoms with Gasteiger partial charge >= 0.3 is 12.3 Å². The van der Waals surface area contributed by atoms with Gasteiger partial charge in [-0.3, -0.25) is 4.79 Å². The lowest BCUT2D eigenvalue weighted by molar-refractivity contribution is -0.141. The molecule has 4 aromatic rings. The molecule has 1 aliphatic heterocycles. The third-order valence-electron chi connectivity index (χ3n) is 7.10. The molecule has 1 atom stereocenters. The molecule has 0 saturated heterocycles. The van der Waals surface area contributed by atoms with E-state index in [9.17, 15) is 40.7 Å². The van der Waals surface area contributed by atoms with Gasteiger partial charge in [0.2, 0.25) is 0 Å². The number of nitriles is 1. The molecule has 1 unspecified atom stereocenters. The monoisotopic (exact) mass is 641 g/mol. The zero-order valence-electron chi connectivity index (χ0n) is 23.7. The van der Waals surface area contributed by atoms with Gasteiger partial charge in [-0.25, -0.2) is 22.3 Å². The number of benzene rings is 3. The highest BCUT2D eigenvalue weighted by Gasteiger charge is 2.51. The van der Waals surface area contributed by atoms with E-state index in [1.54, 1.807) is 39.0 Å². The predicted octanol–water partition coefficient (Wildman–Crippen LogP) is 6.59. The van der Waals surface area contributed by atoms with Crippen molar-refractivity contribution in [2.45, 2.75) is 37.9 Å². The average molecular weight is 642 g/mol. The Morgan fingerprint density at radius 2 is 1.69 bits per heavy atom. The van der Waals surface area contributed by atoms with Crippen molar-refractivity contribution >= 4 is 27.7 Å². The summed E-state index contributed by atoms with van der Waals surface area (Å²) in [6.07, 6.45) is -6.54. The summed E-state index contributed by atoms with van der Waals surface area (Å²) >= 11 is 0. The van der Waals surface area contributed by atoms with Gasteiger partial charge in [-0.05, 0) is 46.9 Å². The first-order chi connectivity index (χ1) is 20.9. The zero-order valence-corrected chi connectivity index (χ0v) is 24.5. The van der Waals surface area contributed by atoms with Gasteiger partial charge < -0.3 is 10.4 Å². The number of carbonyl (C=O) groups excluding carboxylic acids is 1. The summed E-state index contributed by atoms with van der Waals surface area (Å²) in [4.78, 5) is 25.1. The second-order valence-corrected chi connectivity index (χ2v) is 13.0. The molecule has 1 aliphatic rings. The molecule has 1 aromatic heterocycles. The first kappa shape index (κ1) is 31.2. The Morgan fingerprint density at radius 3 is 2.27 bits per heavy atom. The van der Waals surface area contributed by atoms with Crippen molar-refractivity contribution in [1.82, 2.24) is 14.1 Å². The molecule has 2 amide bonds. The summed E-state index contributed by atoms with van der Waals surface area (Å²) in [5.74, 6) is -1.92. The van der Waals surface area contributed by atoms with Crippen molar-refractivity contribution < 1.29 is 40.7 Å². The molecule has 0 saturated carbocycles. The maximum Gasteiger partial charge on any atom is 0.435 e. The summed E-state index contributed by atoms with van der Waals surface area (Å²) in [5.41, 5.74) is -2.32. The fourth-order valence-electron chi connectivity index (χ4n) is 5.22. The van der Waals surface area contributed by atoms with Gasteiger partial charge in [0.25, 0.3) is 15.9 Å². The quantitative estimate of drug-likeness (QED) is 0.239. The number of nitrogens with zero attached hydrogens (tertiary/aromatic N) is 4. The number of fused-ring (bicyclic) bond motifs is 1. The Labute approximate surface area is 254 Å². The van der Waals surface area contributed by atoms with Gasteiger partial charge in [-0.15, -0.1) is 0 Å². The molecule has 45 heavy (non-hydrogen) atoms. The van der Waals surface area contributed by atoms with Crippen molar-refractivity contribution in [3.63, 3.8) is 0 Å². The van der Waals surface area contributed by atoms with E-state index in [4.69, 9.17) is 5.26 Å². The smallest absolute Gasteiger partial charge is 0.435 e. The zero-order chi connectivity index (χ0) is 33.1. The minimum atomic E-state index is -4.92. The topological polar surface area (TPSA) is 145 Å². The third kappa shape index (κ3) is 5.48. The standard InChI is InChI=1S/C30H23F4N5O5S/c1-29(2,3)26-21-6-4-5-20(25(21)45(43,44)39(26)28(41)42)16-7-9-18(10-8-16)36-27(40)23-14-24(30(32,33)34)37-38(23)19-11-12-22(31)17(13-19)15-35/h4-14,26H,1-3H3,(H,36,40)(H,41,42). The first-order valence-electron chi connectivity index (χ1n) is 13.1. The van der Waals surface area contributed by atoms with E-state index in [2.05, 4.69) is 10.4 Å². The molecule has 0 bridgehead atoms. The second-order valence-electron chi connectivity index (χ2n) is 11.2. The van der Waals surface area contributed by atoms with Crippen LogP contribution < -0.4 is 5.32 Å². The molecule has 0 radical (unpaired) electrons. The van der Waals surface area contributed by atoms with Gasteiger partial charge in [0.15, 0.2) is 5.69 Å². The van der Waals surface area contributed by atoms with Gasteiger partial charge in [0.1, 0.15) is 22.5 Å². The summed E-state index contributed by atoms with van der Waals surface area (Å²) in [6, 6.07) is 14.4. The Bertz CT molecular complexity index is 2010. The number of alkyl halides is 3. The molecule has 0 fully saturated rings. The molecule has 0 aliphatic carbocycles. The first-order valence-corrected chi connectivity index (χ1v) is 14.6. The number of nitrogens with one attached hydrogen (secondary N) is 1. The van der Waals surface area contributed by atoms with Crippen LogP contribution in [-0.2, 0) is 16.2 Å². The molecular weight excluding hydrogens is 618 g/mol. The van der Waals surface area contributed by atoms with Crippen molar-refractivity contribution in [2.75, 3.05) is 5.32 Å². The van der Waals surface area contributed by atoms with E-state index >= 15 is 0 Å². The van der Waals surface area contributed by atoms with Crippen LogP contribution >= 0.6 is 0 Å². The molecule has 15 heteroatoms. The molecule has 0 spiro atoms. The fourth-order valence-corrected chi connectivity index (χ4v) is 7.27. The number of sulfonamides is 1. The number of hydrogen-bond donors (Lipinski definition) is 2. The lowest BCUT2D eigenvalue weighted by atomic mass is 9.81. The molecule has 3 aromatic carbocycles. The largest absolute Gasteiger partial charge is 0.464 e. The van der Waals surface area contributed by atoms with Gasteiger partial charge in [-0.1, -0.05) is 51.1 Å². The highest BCUT2D eigenvalue weighted by atomic mass is 32.2. The SMILES string of the molecule is CC(C)(C)C1c2cccc(-c3ccc(NC(=O)c4cc(C(F)(F)F)nn4-c4ccc(F)c(C#N)c4)cc3)c2S(=O)(=O)N1C(=O)O. The van der Waals surface area contributed by atoms with Crippen LogP contribution in [-0.4, -0.2) is 39.6 Å². The van der Waals surface area contributed by atoms with E-state index < -0.39 is 62.4 Å². The molecule has 2 N–H and O–H groups in total. The van der Waals surface area contributed by atoms with Crippen LogP contribution in [0.25, 0.3) is 16.8 Å². The number of halogens is 4. The van der Waals surface area contributed by atoms with Gasteiger partial charge in [0, 0.05) is 17.3 Å². The Kier molecular flexibility index (Phi) is 7.45. The van der Waals surface area contributed by atoms with Crippen LogP contribution in [0.5, 0.6) is 0 Å². The van der Waals surface area contributed by atoms with Crippen LogP contribution in [0.4, 0.5) is 28.0 Å². The van der Waals surface area contributed by atoms with Gasteiger partial charge in [-0.2, -0.15) is 27.8 Å². The Balaban J connectivity index is 1.50. The van der Waals surface area contributed by atoms with Crippen LogP contribution in [0, 0.1) is 22.6 Å². The summed E-state index contributed by atoms with van der Waals surface area (Å²) < 4.78 is 82.5. The average Bonchev–Trinajstić information content (AvgIpc) is 3.52. The molecule has 232 valence electrons. The summed E-state index contributed by atoms with van der Waals surface area (Å²) in [7, 11) is -4.45. The van der Waals surface area contributed by atoms with Crippen LogP contribution in [0.15, 0.2) is 71.6 Å². The summed E-state index contributed by atoms with van der Waals surface area (Å²) in [5, 5.41) is 24.9. The van der Waals surface area contributed by atoms with Crippen molar-refractivity contribution in [3.05, 3.63) is 95.1 Å². The van der Waals surface area contributed by atoms with Crippen LogP contribution in [0.3, 0.4) is 0 Å². The van der Waals surface area contributed by atoms with Gasteiger partial charge in [0.05, 0.1) is 17.3 Å². The second kappa shape index (κ2) is 10.7. The number of amides is 2.